The number of rotatable bonds is 6. The summed E-state index contributed by atoms with van der Waals surface area (Å²) in [6.07, 6.45) is 0. The Bertz CT molecular complexity index is 1310. The van der Waals surface area contributed by atoms with Gasteiger partial charge in [0.25, 0.3) is 5.56 Å². The zero-order valence-corrected chi connectivity index (χ0v) is 19.2. The van der Waals surface area contributed by atoms with Gasteiger partial charge in [-0.1, -0.05) is 36.4 Å². The molecule has 0 spiro atoms. The van der Waals surface area contributed by atoms with Gasteiger partial charge in [0.05, 0.1) is 19.0 Å². The van der Waals surface area contributed by atoms with Crippen LogP contribution in [0.4, 0.5) is 4.39 Å². The molecular formula is C25H25FN4O2S. The molecule has 0 radical (unpaired) electrons. The van der Waals surface area contributed by atoms with E-state index in [4.69, 9.17) is 9.72 Å². The third kappa shape index (κ3) is 4.83. The van der Waals surface area contributed by atoms with Crippen LogP contribution in [0, 0.1) is 5.82 Å². The summed E-state index contributed by atoms with van der Waals surface area (Å²) in [6.45, 7) is 4.77. The molecule has 0 atom stereocenters. The molecule has 3 heterocycles. The zero-order chi connectivity index (χ0) is 22.8. The average molecular weight is 465 g/mol. The number of nitrogens with one attached hydrogen (secondary N) is 1. The number of aromatic nitrogens is 2. The molecule has 2 aromatic carbocycles. The number of H-pyrrole nitrogens is 1. The molecule has 0 saturated carbocycles. The largest absolute Gasteiger partial charge is 0.494 e. The fourth-order valence-electron chi connectivity index (χ4n) is 4.18. The third-order valence-corrected chi connectivity index (χ3v) is 7.05. The fraction of sp³-hybridized carbons (Fsp3) is 0.280. The van der Waals surface area contributed by atoms with Crippen LogP contribution in [0.15, 0.2) is 59.4 Å². The fourth-order valence-corrected chi connectivity index (χ4v) is 5.24. The summed E-state index contributed by atoms with van der Waals surface area (Å²) in [6, 6.07) is 17.1. The maximum Gasteiger partial charge on any atom is 0.259 e. The first-order valence-corrected chi connectivity index (χ1v) is 11.8. The van der Waals surface area contributed by atoms with Gasteiger partial charge in [0.15, 0.2) is 11.6 Å². The zero-order valence-electron chi connectivity index (χ0n) is 18.4. The van der Waals surface area contributed by atoms with Crippen molar-refractivity contribution in [3.05, 3.63) is 82.2 Å². The third-order valence-electron chi connectivity index (χ3n) is 5.97. The monoisotopic (exact) mass is 464 g/mol. The van der Waals surface area contributed by atoms with Crippen LogP contribution < -0.4 is 10.3 Å². The second-order valence-electron chi connectivity index (χ2n) is 8.23. The van der Waals surface area contributed by atoms with Gasteiger partial charge in [-0.2, -0.15) is 0 Å². The molecule has 170 valence electrons. The Hall–Kier alpha value is -3.07. The molecule has 1 saturated heterocycles. The highest BCUT2D eigenvalue weighted by Crippen LogP contribution is 2.30. The molecule has 1 N–H and O–H groups in total. The van der Waals surface area contributed by atoms with Crippen molar-refractivity contribution in [2.24, 2.45) is 0 Å². The van der Waals surface area contributed by atoms with E-state index in [1.54, 1.807) is 23.5 Å². The average Bonchev–Trinajstić information content (AvgIpc) is 3.26. The van der Waals surface area contributed by atoms with E-state index in [0.717, 1.165) is 47.0 Å². The molecule has 2 aromatic heterocycles. The first-order valence-electron chi connectivity index (χ1n) is 10.9. The van der Waals surface area contributed by atoms with Crippen LogP contribution in [0.1, 0.15) is 11.4 Å². The van der Waals surface area contributed by atoms with E-state index >= 15 is 0 Å². The summed E-state index contributed by atoms with van der Waals surface area (Å²) < 4.78 is 19.0. The number of hydrogen-bond donors (Lipinski definition) is 1. The molecule has 5 rings (SSSR count). The van der Waals surface area contributed by atoms with Crippen molar-refractivity contribution < 1.29 is 9.13 Å². The number of methoxy groups -OCH3 is 1. The summed E-state index contributed by atoms with van der Waals surface area (Å²) in [4.78, 5) is 26.8. The molecule has 0 aliphatic carbocycles. The molecule has 0 bridgehead atoms. The van der Waals surface area contributed by atoms with Gasteiger partial charge in [0, 0.05) is 37.6 Å². The lowest BCUT2D eigenvalue weighted by Gasteiger charge is -2.34. The summed E-state index contributed by atoms with van der Waals surface area (Å²) in [5.74, 6) is 0.631. The summed E-state index contributed by atoms with van der Waals surface area (Å²) in [5.41, 5.74) is 1.94. The smallest absolute Gasteiger partial charge is 0.259 e. The standard InChI is InChI=1S/C25H25FN4O2S/c1-32-21-8-7-17(13-20(21)26)15-29-9-11-30(12-10-29)16-23-27-24(31)19-14-22(33-25(19)28-23)18-5-3-2-4-6-18/h2-8,13-14H,9-12,15-16H2,1H3,(H,27,28,31). The Morgan fingerprint density at radius 2 is 1.76 bits per heavy atom. The van der Waals surface area contributed by atoms with E-state index in [-0.39, 0.29) is 17.1 Å². The topological polar surface area (TPSA) is 61.5 Å². The predicted molar refractivity (Wildman–Crippen MR) is 129 cm³/mol. The van der Waals surface area contributed by atoms with Gasteiger partial charge in [-0.05, 0) is 29.3 Å². The minimum absolute atomic E-state index is 0.0893. The first-order chi connectivity index (χ1) is 16.1. The SMILES string of the molecule is COc1ccc(CN2CCN(Cc3nc4sc(-c5ccccc5)cc4c(=O)[nH]3)CC2)cc1F. The lowest BCUT2D eigenvalue weighted by atomic mass is 10.2. The van der Waals surface area contributed by atoms with Gasteiger partial charge in [-0.3, -0.25) is 14.6 Å². The number of fused-ring (bicyclic) bond motifs is 1. The van der Waals surface area contributed by atoms with Crippen LogP contribution in [-0.4, -0.2) is 53.1 Å². The normalized spacial score (nSPS) is 15.2. The van der Waals surface area contributed by atoms with Gasteiger partial charge in [-0.15, -0.1) is 11.3 Å². The molecule has 0 unspecified atom stereocenters. The van der Waals surface area contributed by atoms with Crippen molar-refractivity contribution in [2.45, 2.75) is 13.1 Å². The molecule has 4 aromatic rings. The summed E-state index contributed by atoms with van der Waals surface area (Å²) in [5, 5.41) is 0.638. The highest BCUT2D eigenvalue weighted by atomic mass is 32.1. The first kappa shape index (κ1) is 21.8. The Labute approximate surface area is 195 Å². The number of benzene rings is 2. The number of nitrogens with zero attached hydrogens (tertiary/aromatic N) is 3. The summed E-state index contributed by atoms with van der Waals surface area (Å²) >= 11 is 1.55. The van der Waals surface area contributed by atoms with Gasteiger partial charge in [0.1, 0.15) is 10.7 Å². The number of aromatic amines is 1. The second-order valence-corrected chi connectivity index (χ2v) is 9.26. The van der Waals surface area contributed by atoms with Crippen molar-refractivity contribution in [3.63, 3.8) is 0 Å². The van der Waals surface area contributed by atoms with Gasteiger partial charge >= 0.3 is 0 Å². The molecule has 6 nitrogen and oxygen atoms in total. The van der Waals surface area contributed by atoms with Crippen LogP contribution in [0.5, 0.6) is 5.75 Å². The van der Waals surface area contributed by atoms with Crippen LogP contribution >= 0.6 is 11.3 Å². The van der Waals surface area contributed by atoms with Gasteiger partial charge in [0.2, 0.25) is 0 Å². The molecule has 1 aliphatic rings. The number of hydrogen-bond acceptors (Lipinski definition) is 6. The lowest BCUT2D eigenvalue weighted by molar-refractivity contribution is 0.120. The van der Waals surface area contributed by atoms with Crippen LogP contribution in [0.3, 0.4) is 0 Å². The summed E-state index contributed by atoms with van der Waals surface area (Å²) in [7, 11) is 1.47. The van der Waals surface area contributed by atoms with Gasteiger partial charge in [-0.25, -0.2) is 9.37 Å². The minimum Gasteiger partial charge on any atom is -0.494 e. The molecule has 1 aliphatic heterocycles. The highest BCUT2D eigenvalue weighted by Gasteiger charge is 2.19. The number of thiophene rings is 1. The van der Waals surface area contributed by atoms with Crippen molar-refractivity contribution >= 4 is 21.6 Å². The Balaban J connectivity index is 1.23. The molecule has 0 amide bonds. The van der Waals surface area contributed by atoms with Crippen molar-refractivity contribution in [3.8, 4) is 16.2 Å². The van der Waals surface area contributed by atoms with Crippen LogP contribution in [-0.2, 0) is 13.1 Å². The Morgan fingerprint density at radius 3 is 2.45 bits per heavy atom. The van der Waals surface area contributed by atoms with E-state index in [9.17, 15) is 9.18 Å². The van der Waals surface area contributed by atoms with Crippen molar-refractivity contribution in [1.82, 2.24) is 19.8 Å². The quantitative estimate of drug-likeness (QED) is 0.465. The lowest BCUT2D eigenvalue weighted by Crippen LogP contribution is -2.45. The number of ether oxygens (including phenoxy) is 1. The molecular weight excluding hydrogens is 439 g/mol. The molecule has 8 heteroatoms. The predicted octanol–water partition coefficient (Wildman–Crippen LogP) is 4.12. The Kier molecular flexibility index (Phi) is 6.22. The van der Waals surface area contributed by atoms with Crippen molar-refractivity contribution in [1.29, 1.82) is 0 Å². The molecule has 33 heavy (non-hydrogen) atoms. The van der Waals surface area contributed by atoms with Crippen LogP contribution in [0.2, 0.25) is 0 Å². The van der Waals surface area contributed by atoms with Crippen molar-refractivity contribution in [2.75, 3.05) is 33.3 Å². The maximum absolute atomic E-state index is 14.0. The minimum atomic E-state index is -0.331. The second kappa shape index (κ2) is 9.43. The maximum atomic E-state index is 14.0. The van der Waals surface area contributed by atoms with E-state index in [0.29, 0.717) is 24.3 Å². The van der Waals surface area contributed by atoms with Crippen LogP contribution in [0.25, 0.3) is 20.7 Å². The van der Waals surface area contributed by atoms with E-state index in [1.165, 1.54) is 7.11 Å². The van der Waals surface area contributed by atoms with E-state index < -0.39 is 0 Å². The van der Waals surface area contributed by atoms with E-state index in [2.05, 4.69) is 14.8 Å². The number of piperazine rings is 1. The van der Waals surface area contributed by atoms with Gasteiger partial charge < -0.3 is 9.72 Å². The van der Waals surface area contributed by atoms with E-state index in [1.807, 2.05) is 42.5 Å². The number of halogens is 1. The Morgan fingerprint density at radius 1 is 1.03 bits per heavy atom. The highest BCUT2D eigenvalue weighted by molar-refractivity contribution is 7.21. The molecule has 1 fully saturated rings.